The average molecular weight is 315 g/mol. The monoisotopic (exact) mass is 314 g/mol. The standard InChI is InChI=1S/C16H20Cl2O2/c1-6-8-10(3)12(7-2)20-15(19)14-11(9-13(17)18)16(14,4)5/h2,8-9,11-12,14H,6H2,1,3-5H3/b10-8+. The summed E-state index contributed by atoms with van der Waals surface area (Å²) in [6.07, 6.45) is 9.33. The van der Waals surface area contributed by atoms with Crippen molar-refractivity contribution in [1.82, 2.24) is 0 Å². The maximum atomic E-state index is 12.2. The molecule has 1 aliphatic carbocycles. The van der Waals surface area contributed by atoms with Crippen molar-refractivity contribution in [2.75, 3.05) is 0 Å². The van der Waals surface area contributed by atoms with Gasteiger partial charge in [-0.15, -0.1) is 6.42 Å². The van der Waals surface area contributed by atoms with E-state index in [4.69, 9.17) is 34.4 Å². The summed E-state index contributed by atoms with van der Waals surface area (Å²) in [4.78, 5) is 12.2. The number of hydrogen-bond donors (Lipinski definition) is 0. The summed E-state index contributed by atoms with van der Waals surface area (Å²) in [5.74, 6) is 1.96. The van der Waals surface area contributed by atoms with Gasteiger partial charge in [-0.1, -0.05) is 56.0 Å². The molecule has 1 aliphatic rings. The molecule has 0 bridgehead atoms. The minimum absolute atomic E-state index is 0.00566. The minimum atomic E-state index is -0.602. The van der Waals surface area contributed by atoms with Crippen LogP contribution >= 0.6 is 23.2 Å². The molecule has 0 saturated heterocycles. The summed E-state index contributed by atoms with van der Waals surface area (Å²) < 4.78 is 5.60. The first-order valence-electron chi connectivity index (χ1n) is 6.61. The maximum absolute atomic E-state index is 12.2. The fourth-order valence-corrected chi connectivity index (χ4v) is 2.72. The van der Waals surface area contributed by atoms with Crippen LogP contribution in [-0.2, 0) is 9.53 Å². The molecule has 1 rings (SSSR count). The van der Waals surface area contributed by atoms with E-state index in [0.29, 0.717) is 0 Å². The summed E-state index contributed by atoms with van der Waals surface area (Å²) in [6.45, 7) is 7.84. The number of hydrogen-bond acceptors (Lipinski definition) is 2. The van der Waals surface area contributed by atoms with E-state index in [1.807, 2.05) is 33.8 Å². The molecule has 0 heterocycles. The van der Waals surface area contributed by atoms with Crippen LogP contribution in [0.4, 0.5) is 0 Å². The Morgan fingerprint density at radius 2 is 2.10 bits per heavy atom. The van der Waals surface area contributed by atoms with Gasteiger partial charge < -0.3 is 4.74 Å². The van der Waals surface area contributed by atoms with Crippen molar-refractivity contribution >= 4 is 29.2 Å². The third kappa shape index (κ3) is 3.81. The van der Waals surface area contributed by atoms with Gasteiger partial charge in [-0.05, 0) is 36.3 Å². The quantitative estimate of drug-likeness (QED) is 0.425. The van der Waals surface area contributed by atoms with Crippen molar-refractivity contribution in [3.8, 4) is 12.3 Å². The first-order chi connectivity index (χ1) is 9.25. The summed E-state index contributed by atoms with van der Waals surface area (Å²) in [5, 5.41) is 0. The first-order valence-corrected chi connectivity index (χ1v) is 7.37. The number of carbonyl (C=O) groups is 1. The van der Waals surface area contributed by atoms with E-state index in [1.54, 1.807) is 6.08 Å². The highest BCUT2D eigenvalue weighted by atomic mass is 35.5. The van der Waals surface area contributed by atoms with Gasteiger partial charge in [-0.25, -0.2) is 0 Å². The minimum Gasteiger partial charge on any atom is -0.444 e. The van der Waals surface area contributed by atoms with Crippen molar-refractivity contribution in [3.63, 3.8) is 0 Å². The molecule has 3 unspecified atom stereocenters. The SMILES string of the molecule is C#CC(OC(=O)C1C(C=C(Cl)Cl)C1(C)C)/C(C)=C/CC. The topological polar surface area (TPSA) is 26.3 Å². The molecule has 0 aromatic heterocycles. The molecule has 0 aromatic carbocycles. The molecule has 0 N–H and O–H groups in total. The summed E-state index contributed by atoms with van der Waals surface area (Å²) in [7, 11) is 0. The van der Waals surface area contributed by atoms with Crippen molar-refractivity contribution < 1.29 is 9.53 Å². The lowest BCUT2D eigenvalue weighted by Gasteiger charge is -2.13. The largest absolute Gasteiger partial charge is 0.444 e. The van der Waals surface area contributed by atoms with Crippen LogP contribution in [0.15, 0.2) is 22.2 Å². The van der Waals surface area contributed by atoms with E-state index in [-0.39, 0.29) is 27.7 Å². The van der Waals surface area contributed by atoms with E-state index in [9.17, 15) is 4.79 Å². The summed E-state index contributed by atoms with van der Waals surface area (Å²) >= 11 is 11.3. The average Bonchev–Trinajstić information content (AvgIpc) is 2.86. The van der Waals surface area contributed by atoms with Crippen molar-refractivity contribution in [2.45, 2.75) is 40.2 Å². The Hall–Kier alpha value is -0.910. The molecule has 110 valence electrons. The lowest BCUT2D eigenvalue weighted by molar-refractivity contribution is -0.147. The van der Waals surface area contributed by atoms with Gasteiger partial charge in [0.25, 0.3) is 0 Å². The van der Waals surface area contributed by atoms with Crippen LogP contribution in [0.5, 0.6) is 0 Å². The van der Waals surface area contributed by atoms with Crippen molar-refractivity contribution in [1.29, 1.82) is 0 Å². The number of esters is 1. The van der Waals surface area contributed by atoms with E-state index in [0.717, 1.165) is 12.0 Å². The van der Waals surface area contributed by atoms with Crippen LogP contribution in [0.3, 0.4) is 0 Å². The zero-order chi connectivity index (χ0) is 15.5. The fourth-order valence-electron chi connectivity index (χ4n) is 2.45. The highest BCUT2D eigenvalue weighted by molar-refractivity contribution is 6.55. The van der Waals surface area contributed by atoms with Crippen LogP contribution in [0.2, 0.25) is 0 Å². The van der Waals surface area contributed by atoms with Crippen LogP contribution < -0.4 is 0 Å². The van der Waals surface area contributed by atoms with Gasteiger partial charge in [0.05, 0.1) is 5.92 Å². The molecular weight excluding hydrogens is 295 g/mol. The smallest absolute Gasteiger partial charge is 0.311 e. The predicted octanol–water partition coefficient (Wildman–Crippen LogP) is 4.48. The summed E-state index contributed by atoms with van der Waals surface area (Å²) in [6, 6.07) is 0. The molecule has 0 aliphatic heterocycles. The van der Waals surface area contributed by atoms with Crippen LogP contribution in [0.1, 0.15) is 34.1 Å². The number of rotatable bonds is 5. The lowest BCUT2D eigenvalue weighted by Crippen LogP contribution is -2.20. The molecule has 0 aromatic rings. The van der Waals surface area contributed by atoms with Gasteiger partial charge in [0.1, 0.15) is 4.49 Å². The summed E-state index contributed by atoms with van der Waals surface area (Å²) in [5.41, 5.74) is 0.678. The Bertz CT molecular complexity index is 479. The van der Waals surface area contributed by atoms with E-state index < -0.39 is 6.10 Å². The second-order valence-electron chi connectivity index (χ2n) is 5.62. The molecule has 0 spiro atoms. The molecule has 2 nitrogen and oxygen atoms in total. The zero-order valence-electron chi connectivity index (χ0n) is 12.2. The van der Waals surface area contributed by atoms with Gasteiger partial charge >= 0.3 is 5.97 Å². The molecule has 4 heteroatoms. The molecular formula is C16H20Cl2O2. The van der Waals surface area contributed by atoms with Crippen LogP contribution in [0.25, 0.3) is 0 Å². The first kappa shape index (κ1) is 17.1. The Morgan fingerprint density at radius 3 is 2.55 bits per heavy atom. The maximum Gasteiger partial charge on any atom is 0.311 e. The number of terminal acetylenes is 1. The van der Waals surface area contributed by atoms with Crippen molar-refractivity contribution in [2.24, 2.45) is 17.3 Å². The second-order valence-corrected chi connectivity index (χ2v) is 6.63. The Labute approximate surface area is 131 Å². The molecule has 0 amide bonds. The Morgan fingerprint density at radius 1 is 1.50 bits per heavy atom. The predicted molar refractivity (Wildman–Crippen MR) is 83.3 cm³/mol. The third-order valence-corrected chi connectivity index (χ3v) is 4.05. The molecule has 0 radical (unpaired) electrons. The van der Waals surface area contributed by atoms with Gasteiger partial charge in [0.2, 0.25) is 0 Å². The van der Waals surface area contributed by atoms with Gasteiger partial charge in [-0.3, -0.25) is 4.79 Å². The number of ether oxygens (including phenoxy) is 1. The highest BCUT2D eigenvalue weighted by Crippen LogP contribution is 2.60. The highest BCUT2D eigenvalue weighted by Gasteiger charge is 2.61. The van der Waals surface area contributed by atoms with Gasteiger partial charge in [0.15, 0.2) is 6.10 Å². The van der Waals surface area contributed by atoms with E-state index >= 15 is 0 Å². The van der Waals surface area contributed by atoms with E-state index in [2.05, 4.69) is 5.92 Å². The molecule has 3 atom stereocenters. The van der Waals surface area contributed by atoms with Gasteiger partial charge in [-0.2, -0.15) is 0 Å². The number of carbonyl (C=O) groups excluding carboxylic acids is 1. The normalized spacial score (nSPS) is 25.4. The number of allylic oxidation sites excluding steroid dienone is 2. The molecule has 1 fully saturated rings. The third-order valence-electron chi connectivity index (χ3n) is 3.80. The zero-order valence-corrected chi connectivity index (χ0v) is 13.8. The van der Waals surface area contributed by atoms with Crippen molar-refractivity contribution in [3.05, 3.63) is 22.2 Å². The Kier molecular flexibility index (Phi) is 5.74. The van der Waals surface area contributed by atoms with Gasteiger partial charge in [0, 0.05) is 0 Å². The Balaban J connectivity index is 2.76. The van der Waals surface area contributed by atoms with E-state index in [1.165, 1.54) is 0 Å². The molecule has 20 heavy (non-hydrogen) atoms. The van der Waals surface area contributed by atoms with Crippen LogP contribution in [0, 0.1) is 29.6 Å². The van der Waals surface area contributed by atoms with Crippen LogP contribution in [-0.4, -0.2) is 12.1 Å². The lowest BCUT2D eigenvalue weighted by atomic mass is 10.1. The number of halogens is 2. The molecule has 1 saturated carbocycles. The second kappa shape index (κ2) is 6.70. The fraction of sp³-hybridized carbons (Fsp3) is 0.562.